The summed E-state index contributed by atoms with van der Waals surface area (Å²) in [6.45, 7) is 2.65. The average Bonchev–Trinajstić information content (AvgIpc) is 2.17. The van der Waals surface area contributed by atoms with Crippen molar-refractivity contribution in [3.63, 3.8) is 0 Å². The second-order valence-corrected chi connectivity index (χ2v) is 3.35. The zero-order valence-corrected chi connectivity index (χ0v) is 9.16. The van der Waals surface area contributed by atoms with Crippen molar-refractivity contribution in [2.45, 2.75) is 20.4 Å². The number of hydrogen-bond donors (Lipinski definition) is 1. The molecule has 0 aromatic heterocycles. The van der Waals surface area contributed by atoms with Gasteiger partial charge in [-0.3, -0.25) is 14.5 Å². The van der Waals surface area contributed by atoms with Crippen LogP contribution in [0, 0.1) is 0 Å². The van der Waals surface area contributed by atoms with Crippen molar-refractivity contribution < 1.29 is 14.1 Å². The van der Waals surface area contributed by atoms with Gasteiger partial charge in [-0.15, -0.1) is 4.48 Å². The molecule has 1 rings (SSSR count). The van der Waals surface area contributed by atoms with Crippen molar-refractivity contribution in [3.05, 3.63) is 29.8 Å². The Morgan fingerprint density at radius 3 is 2.44 bits per heavy atom. The quantitative estimate of drug-likeness (QED) is 0.793. The number of hydrogen-bond acceptors (Lipinski definition) is 3. The van der Waals surface area contributed by atoms with Crippen molar-refractivity contribution in [2.24, 2.45) is 0 Å². The molecule has 1 aromatic rings. The summed E-state index contributed by atoms with van der Waals surface area (Å²) in [5, 5.41) is 0. The molecule has 0 radical (unpaired) electrons. The Morgan fingerprint density at radius 2 is 1.94 bits per heavy atom. The number of anilines is 1. The first-order valence-electron chi connectivity index (χ1n) is 4.80. The monoisotopic (exact) mass is 224 g/mol. The Bertz CT molecular complexity index is 393. The van der Waals surface area contributed by atoms with Gasteiger partial charge in [-0.1, -0.05) is 12.1 Å². The molecule has 86 valence electrons. The third-order valence-corrected chi connectivity index (χ3v) is 2.07. The van der Waals surface area contributed by atoms with Crippen molar-refractivity contribution in [1.29, 1.82) is 0 Å². The second-order valence-electron chi connectivity index (χ2n) is 3.35. The third kappa shape index (κ3) is 2.87. The molecule has 4 nitrogen and oxygen atoms in total. The molecule has 0 unspecified atom stereocenters. The molecule has 0 aliphatic carbocycles. The molecule has 0 heterocycles. The molecule has 0 aliphatic rings. The Hall–Kier alpha value is -1.75. The van der Waals surface area contributed by atoms with Crippen molar-refractivity contribution in [2.75, 3.05) is 4.90 Å². The summed E-state index contributed by atoms with van der Waals surface area (Å²) in [5.74, 6) is -0.726. The van der Waals surface area contributed by atoms with Crippen LogP contribution in [0.4, 0.5) is 10.2 Å². The molecule has 2 amide bonds. The van der Waals surface area contributed by atoms with Crippen molar-refractivity contribution in [1.82, 2.24) is 5.54 Å². The molecule has 0 bridgehead atoms. The van der Waals surface area contributed by atoms with Crippen LogP contribution in [-0.4, -0.2) is 11.8 Å². The number of rotatable bonds is 3. The van der Waals surface area contributed by atoms with E-state index in [0.29, 0.717) is 11.3 Å². The molecule has 1 N–H and O–H groups in total. The minimum Gasteiger partial charge on any atom is -0.274 e. The normalized spacial score (nSPS) is 9.94. The lowest BCUT2D eigenvalue weighted by Crippen LogP contribution is -2.33. The van der Waals surface area contributed by atoms with Crippen molar-refractivity contribution >= 4 is 17.5 Å². The maximum absolute atomic E-state index is 11.9. The van der Waals surface area contributed by atoms with Crippen LogP contribution in [0.5, 0.6) is 0 Å². The van der Waals surface area contributed by atoms with Crippen LogP contribution in [-0.2, 0) is 16.1 Å². The molecule has 0 atom stereocenters. The van der Waals surface area contributed by atoms with Gasteiger partial charge < -0.3 is 0 Å². The van der Waals surface area contributed by atoms with Crippen LogP contribution in [0.15, 0.2) is 24.3 Å². The Morgan fingerprint density at radius 1 is 1.31 bits per heavy atom. The second kappa shape index (κ2) is 5.37. The number of amides is 2. The van der Waals surface area contributed by atoms with Gasteiger partial charge in [0.05, 0.1) is 12.2 Å². The highest BCUT2D eigenvalue weighted by Crippen LogP contribution is 2.16. The first kappa shape index (κ1) is 12.3. The van der Waals surface area contributed by atoms with E-state index in [0.717, 1.165) is 4.90 Å². The predicted molar refractivity (Wildman–Crippen MR) is 58.2 cm³/mol. The molecular weight excluding hydrogens is 211 g/mol. The lowest BCUT2D eigenvalue weighted by molar-refractivity contribution is -0.124. The standard InChI is InChI=1S/C11H13FN2O2/c1-8(15)14(9(2)16)11-5-3-4-10(6-11)7-13-12/h3-6,13H,7H2,1-2H3. The molecule has 1 aromatic carbocycles. The molecular formula is C11H13FN2O2. The van der Waals surface area contributed by atoms with E-state index < -0.39 is 0 Å². The highest BCUT2D eigenvalue weighted by atomic mass is 19.2. The third-order valence-electron chi connectivity index (χ3n) is 2.07. The Balaban J connectivity index is 3.05. The van der Waals surface area contributed by atoms with E-state index in [4.69, 9.17) is 0 Å². The van der Waals surface area contributed by atoms with Gasteiger partial charge in [-0.05, 0) is 17.7 Å². The number of benzene rings is 1. The van der Waals surface area contributed by atoms with E-state index in [1.165, 1.54) is 19.4 Å². The number of nitrogens with zero attached hydrogens (tertiary/aromatic N) is 1. The highest BCUT2D eigenvalue weighted by molar-refractivity contribution is 6.13. The maximum atomic E-state index is 11.9. The summed E-state index contributed by atoms with van der Waals surface area (Å²) in [5.41, 5.74) is 2.63. The molecule has 0 saturated carbocycles. The zero-order valence-electron chi connectivity index (χ0n) is 9.16. The molecule has 16 heavy (non-hydrogen) atoms. The summed E-state index contributed by atoms with van der Waals surface area (Å²) >= 11 is 0. The Labute approximate surface area is 93.0 Å². The molecule has 0 spiro atoms. The molecule has 0 fully saturated rings. The fourth-order valence-electron chi connectivity index (χ4n) is 1.47. The van der Waals surface area contributed by atoms with E-state index >= 15 is 0 Å². The van der Waals surface area contributed by atoms with Crippen LogP contribution in [0.3, 0.4) is 0 Å². The van der Waals surface area contributed by atoms with Gasteiger partial charge in [0.15, 0.2) is 0 Å². The van der Waals surface area contributed by atoms with Crippen LogP contribution < -0.4 is 10.4 Å². The molecule has 5 heteroatoms. The molecule has 0 saturated heterocycles. The fraction of sp³-hybridized carbons (Fsp3) is 0.273. The highest BCUT2D eigenvalue weighted by Gasteiger charge is 2.15. The van der Waals surface area contributed by atoms with Crippen LogP contribution >= 0.6 is 0 Å². The number of carbonyl (C=O) groups excluding carboxylic acids is 2. The number of imide groups is 1. The number of halogens is 1. The van der Waals surface area contributed by atoms with Gasteiger partial charge in [0.2, 0.25) is 11.8 Å². The number of nitrogens with one attached hydrogen (secondary N) is 1. The number of carbonyl (C=O) groups is 2. The lowest BCUT2D eigenvalue weighted by Gasteiger charge is -2.17. The van der Waals surface area contributed by atoms with Crippen molar-refractivity contribution in [3.8, 4) is 0 Å². The van der Waals surface area contributed by atoms with Crippen LogP contribution in [0.1, 0.15) is 19.4 Å². The van der Waals surface area contributed by atoms with Gasteiger partial charge in [0.1, 0.15) is 0 Å². The van der Waals surface area contributed by atoms with E-state index in [2.05, 4.69) is 0 Å². The van der Waals surface area contributed by atoms with E-state index in [9.17, 15) is 14.1 Å². The fourth-order valence-corrected chi connectivity index (χ4v) is 1.47. The summed E-state index contributed by atoms with van der Waals surface area (Å²) in [6.07, 6.45) is 0. The topological polar surface area (TPSA) is 49.4 Å². The summed E-state index contributed by atoms with van der Waals surface area (Å²) < 4.78 is 11.9. The smallest absolute Gasteiger partial charge is 0.230 e. The average molecular weight is 224 g/mol. The molecule has 0 aliphatic heterocycles. The van der Waals surface area contributed by atoms with Gasteiger partial charge >= 0.3 is 0 Å². The largest absolute Gasteiger partial charge is 0.274 e. The van der Waals surface area contributed by atoms with Gasteiger partial charge in [-0.25, -0.2) is 0 Å². The summed E-state index contributed by atoms with van der Waals surface area (Å²) in [6, 6.07) is 6.59. The van der Waals surface area contributed by atoms with E-state index in [-0.39, 0.29) is 18.4 Å². The van der Waals surface area contributed by atoms with E-state index in [1.54, 1.807) is 24.3 Å². The minimum absolute atomic E-state index is 0.0392. The van der Waals surface area contributed by atoms with E-state index in [1.807, 2.05) is 0 Å². The van der Waals surface area contributed by atoms with Crippen LogP contribution in [0.2, 0.25) is 0 Å². The first-order chi connectivity index (χ1) is 7.56. The zero-order chi connectivity index (χ0) is 12.1. The minimum atomic E-state index is -0.363. The summed E-state index contributed by atoms with van der Waals surface area (Å²) in [4.78, 5) is 23.6. The first-order valence-corrected chi connectivity index (χ1v) is 4.80. The lowest BCUT2D eigenvalue weighted by atomic mass is 10.2. The predicted octanol–water partition coefficient (Wildman–Crippen LogP) is 1.56. The maximum Gasteiger partial charge on any atom is 0.230 e. The van der Waals surface area contributed by atoms with Gasteiger partial charge in [0.25, 0.3) is 0 Å². The Kier molecular flexibility index (Phi) is 4.13. The summed E-state index contributed by atoms with van der Waals surface area (Å²) in [7, 11) is 0. The SMILES string of the molecule is CC(=O)N(C(C)=O)c1cccc(CNF)c1. The van der Waals surface area contributed by atoms with Gasteiger partial charge in [0, 0.05) is 13.8 Å². The van der Waals surface area contributed by atoms with Crippen LogP contribution in [0.25, 0.3) is 0 Å². The van der Waals surface area contributed by atoms with Gasteiger partial charge in [-0.2, -0.15) is 5.54 Å².